The molecule has 0 aliphatic heterocycles. The summed E-state index contributed by atoms with van der Waals surface area (Å²) in [7, 11) is 0. The van der Waals surface area contributed by atoms with Crippen molar-refractivity contribution in [3.05, 3.63) is 35.4 Å². The molecular weight excluding hydrogens is 275 g/mol. The predicted molar refractivity (Wildman–Crippen MR) is 78.9 cm³/mol. The van der Waals surface area contributed by atoms with Crippen molar-refractivity contribution >= 4 is 0 Å². The third-order valence-corrected chi connectivity index (χ3v) is 5.66. The fourth-order valence-corrected chi connectivity index (χ4v) is 3.24. The first-order valence-corrected chi connectivity index (χ1v) is 7.38. The van der Waals surface area contributed by atoms with Crippen LogP contribution in [0.1, 0.15) is 51.8 Å². The maximum Gasteiger partial charge on any atom is 0.416 e. The molecule has 0 saturated heterocycles. The highest BCUT2D eigenvalue weighted by atomic mass is 19.4. The topological polar surface area (TPSA) is 12.0 Å². The van der Waals surface area contributed by atoms with Crippen molar-refractivity contribution in [1.29, 1.82) is 0 Å². The summed E-state index contributed by atoms with van der Waals surface area (Å²) in [5, 5.41) is 3.38. The number of hydrogen-bond acceptors (Lipinski definition) is 1. The first kappa shape index (κ1) is 16.3. The Kier molecular flexibility index (Phi) is 3.90. The Morgan fingerprint density at radius 1 is 1.14 bits per heavy atom. The maximum absolute atomic E-state index is 12.7. The zero-order valence-electron chi connectivity index (χ0n) is 13.3. The van der Waals surface area contributed by atoms with Crippen molar-refractivity contribution in [3.8, 4) is 0 Å². The first-order valence-electron chi connectivity index (χ1n) is 7.38. The van der Waals surface area contributed by atoms with Crippen molar-refractivity contribution in [3.63, 3.8) is 0 Å². The van der Waals surface area contributed by atoms with Crippen LogP contribution >= 0.6 is 0 Å². The summed E-state index contributed by atoms with van der Waals surface area (Å²) in [5.41, 5.74) is 0.669. The van der Waals surface area contributed by atoms with E-state index < -0.39 is 11.7 Å². The molecular formula is C17H24F3N. The van der Waals surface area contributed by atoms with Crippen LogP contribution in [0, 0.1) is 16.7 Å². The van der Waals surface area contributed by atoms with Gasteiger partial charge in [-0.2, -0.15) is 13.2 Å². The summed E-state index contributed by atoms with van der Waals surface area (Å²) in [6.07, 6.45) is -4.28. The van der Waals surface area contributed by atoms with Gasteiger partial charge in [0.1, 0.15) is 0 Å². The van der Waals surface area contributed by atoms with Gasteiger partial charge in [-0.3, -0.25) is 0 Å². The van der Waals surface area contributed by atoms with Crippen LogP contribution in [0.5, 0.6) is 0 Å². The lowest BCUT2D eigenvalue weighted by Gasteiger charge is -2.17. The molecule has 118 valence electrons. The van der Waals surface area contributed by atoms with Gasteiger partial charge in [-0.05, 0) is 47.9 Å². The van der Waals surface area contributed by atoms with Crippen molar-refractivity contribution in [1.82, 2.24) is 5.32 Å². The summed E-state index contributed by atoms with van der Waals surface area (Å²) in [4.78, 5) is 0. The Morgan fingerprint density at radius 2 is 1.71 bits per heavy atom. The lowest BCUT2D eigenvalue weighted by Crippen LogP contribution is -2.23. The van der Waals surface area contributed by atoms with Crippen molar-refractivity contribution in [2.45, 2.75) is 46.8 Å². The van der Waals surface area contributed by atoms with Crippen LogP contribution < -0.4 is 5.32 Å². The van der Waals surface area contributed by atoms with Gasteiger partial charge in [-0.25, -0.2) is 0 Å². The van der Waals surface area contributed by atoms with Gasteiger partial charge in [0.2, 0.25) is 0 Å². The molecule has 2 rings (SSSR count). The van der Waals surface area contributed by atoms with Gasteiger partial charge in [0.05, 0.1) is 5.56 Å². The highest BCUT2D eigenvalue weighted by Gasteiger charge is 2.63. The largest absolute Gasteiger partial charge is 0.416 e. The van der Waals surface area contributed by atoms with Gasteiger partial charge in [0, 0.05) is 6.04 Å². The number of hydrogen-bond donors (Lipinski definition) is 1. The van der Waals surface area contributed by atoms with E-state index in [4.69, 9.17) is 0 Å². The van der Waals surface area contributed by atoms with Crippen LogP contribution in [0.2, 0.25) is 0 Å². The minimum atomic E-state index is -4.28. The second kappa shape index (κ2) is 5.01. The van der Waals surface area contributed by atoms with Crippen LogP contribution in [0.15, 0.2) is 24.3 Å². The zero-order chi connectivity index (χ0) is 16.1. The molecule has 1 aliphatic rings. The Morgan fingerprint density at radius 3 is 2.19 bits per heavy atom. The van der Waals surface area contributed by atoms with E-state index in [0.717, 1.165) is 12.6 Å². The van der Waals surface area contributed by atoms with E-state index in [1.807, 2.05) is 6.92 Å². The molecule has 1 N–H and O–H groups in total. The van der Waals surface area contributed by atoms with Crippen molar-refractivity contribution in [2.24, 2.45) is 16.7 Å². The number of halogens is 3. The van der Waals surface area contributed by atoms with E-state index >= 15 is 0 Å². The maximum atomic E-state index is 12.7. The van der Waals surface area contributed by atoms with Gasteiger partial charge in [0.25, 0.3) is 0 Å². The van der Waals surface area contributed by atoms with Crippen LogP contribution in [0.4, 0.5) is 13.2 Å². The van der Waals surface area contributed by atoms with Crippen LogP contribution in [-0.4, -0.2) is 6.54 Å². The van der Waals surface area contributed by atoms with Crippen LogP contribution in [0.25, 0.3) is 0 Å². The molecule has 0 radical (unpaired) electrons. The van der Waals surface area contributed by atoms with E-state index in [0.29, 0.717) is 11.5 Å². The summed E-state index contributed by atoms with van der Waals surface area (Å²) in [5.74, 6) is 0.554. The van der Waals surface area contributed by atoms with E-state index in [2.05, 4.69) is 33.0 Å². The summed E-state index contributed by atoms with van der Waals surface area (Å²) >= 11 is 0. The molecule has 1 fully saturated rings. The van der Waals surface area contributed by atoms with Crippen LogP contribution in [-0.2, 0) is 6.18 Å². The molecule has 1 saturated carbocycles. The van der Waals surface area contributed by atoms with Gasteiger partial charge >= 0.3 is 6.18 Å². The molecule has 0 spiro atoms. The Bertz CT molecular complexity index is 503. The molecule has 4 heteroatoms. The molecule has 1 unspecified atom stereocenters. The second-order valence-electron chi connectivity index (χ2n) is 7.25. The summed E-state index contributed by atoms with van der Waals surface area (Å²) in [6, 6.07) is 5.49. The summed E-state index contributed by atoms with van der Waals surface area (Å²) < 4.78 is 38.2. The van der Waals surface area contributed by atoms with Crippen LogP contribution in [0.3, 0.4) is 0 Å². The third kappa shape index (κ3) is 2.96. The minimum absolute atomic E-state index is 0.0838. The molecule has 0 amide bonds. The minimum Gasteiger partial charge on any atom is -0.310 e. The molecule has 1 atom stereocenters. The molecule has 1 aromatic rings. The molecule has 0 aromatic heterocycles. The number of rotatable bonds is 4. The zero-order valence-corrected chi connectivity index (χ0v) is 13.3. The highest BCUT2D eigenvalue weighted by molar-refractivity contribution is 5.27. The van der Waals surface area contributed by atoms with Gasteiger partial charge in [0.15, 0.2) is 0 Å². The van der Waals surface area contributed by atoms with Crippen molar-refractivity contribution in [2.75, 3.05) is 6.54 Å². The monoisotopic (exact) mass is 299 g/mol. The van der Waals surface area contributed by atoms with E-state index in [-0.39, 0.29) is 16.9 Å². The van der Waals surface area contributed by atoms with Gasteiger partial charge < -0.3 is 5.32 Å². The Hall–Kier alpha value is -1.03. The molecule has 1 nitrogen and oxygen atoms in total. The SMILES string of the molecule is CC(NCC1C(C)(C)C1(C)C)c1cccc(C(F)(F)F)c1. The Balaban J connectivity index is 2.00. The average Bonchev–Trinajstić information content (AvgIpc) is 2.76. The fraction of sp³-hybridized carbons (Fsp3) is 0.647. The normalized spacial score (nSPS) is 22.1. The molecule has 0 bridgehead atoms. The number of alkyl halides is 3. The average molecular weight is 299 g/mol. The van der Waals surface area contributed by atoms with E-state index in [1.165, 1.54) is 12.1 Å². The van der Waals surface area contributed by atoms with E-state index in [1.54, 1.807) is 6.07 Å². The standard InChI is InChI=1S/C17H24F3N/c1-11(21-10-14-15(2,3)16(14,4)5)12-7-6-8-13(9-12)17(18,19)20/h6-9,11,14,21H,10H2,1-5H3. The Labute approximate surface area is 124 Å². The molecule has 0 heterocycles. The number of nitrogens with one attached hydrogen (secondary N) is 1. The molecule has 1 aromatic carbocycles. The van der Waals surface area contributed by atoms with Gasteiger partial charge in [-0.1, -0.05) is 39.8 Å². The first-order chi connectivity index (χ1) is 9.48. The van der Waals surface area contributed by atoms with Gasteiger partial charge in [-0.15, -0.1) is 0 Å². The quantitative estimate of drug-likeness (QED) is 0.821. The lowest BCUT2D eigenvalue weighted by atomic mass is 10.0. The second-order valence-corrected chi connectivity index (χ2v) is 7.25. The fourth-order valence-electron chi connectivity index (χ4n) is 3.24. The molecule has 1 aliphatic carbocycles. The highest BCUT2D eigenvalue weighted by Crippen LogP contribution is 2.68. The number of benzene rings is 1. The summed E-state index contributed by atoms with van der Waals surface area (Å²) in [6.45, 7) is 11.7. The third-order valence-electron chi connectivity index (χ3n) is 5.66. The van der Waals surface area contributed by atoms with Crippen molar-refractivity contribution < 1.29 is 13.2 Å². The smallest absolute Gasteiger partial charge is 0.310 e. The predicted octanol–water partition coefficient (Wildman–Crippen LogP) is 5.04. The lowest BCUT2D eigenvalue weighted by molar-refractivity contribution is -0.137. The van der Waals surface area contributed by atoms with E-state index in [9.17, 15) is 13.2 Å². The molecule has 21 heavy (non-hydrogen) atoms.